The maximum Gasteiger partial charge on any atom is 0.0907 e. The van der Waals surface area contributed by atoms with Crippen molar-refractivity contribution in [3.63, 3.8) is 0 Å². The van der Waals surface area contributed by atoms with E-state index in [1.54, 1.807) is 11.3 Å². The van der Waals surface area contributed by atoms with Crippen LogP contribution in [-0.2, 0) is 5.60 Å². The summed E-state index contributed by atoms with van der Waals surface area (Å²) in [6, 6.07) is 2.15. The van der Waals surface area contributed by atoms with Gasteiger partial charge >= 0.3 is 0 Å². The van der Waals surface area contributed by atoms with Gasteiger partial charge in [-0.25, -0.2) is 0 Å². The van der Waals surface area contributed by atoms with Crippen LogP contribution < -0.4 is 0 Å². The average molecular weight is 224 g/mol. The third kappa shape index (κ3) is 2.11. The van der Waals surface area contributed by atoms with Gasteiger partial charge in [-0.05, 0) is 55.0 Å². The van der Waals surface area contributed by atoms with Crippen LogP contribution in [-0.4, -0.2) is 5.11 Å². The highest BCUT2D eigenvalue weighted by Gasteiger charge is 2.37. The molecule has 0 saturated heterocycles. The molecule has 0 radical (unpaired) electrons. The molecule has 1 aliphatic rings. The van der Waals surface area contributed by atoms with Crippen LogP contribution in [0.5, 0.6) is 0 Å². The quantitative estimate of drug-likeness (QED) is 0.771. The molecule has 1 saturated carbocycles. The molecule has 1 fully saturated rings. The summed E-state index contributed by atoms with van der Waals surface area (Å²) in [6.45, 7) is 6.66. The van der Waals surface area contributed by atoms with Gasteiger partial charge in [-0.2, -0.15) is 0 Å². The smallest absolute Gasteiger partial charge is 0.0907 e. The van der Waals surface area contributed by atoms with E-state index in [1.807, 2.05) is 0 Å². The molecule has 0 amide bonds. The van der Waals surface area contributed by atoms with Crippen LogP contribution in [0.2, 0.25) is 0 Å². The Balaban J connectivity index is 2.20. The van der Waals surface area contributed by atoms with Crippen LogP contribution in [0.1, 0.15) is 43.6 Å². The molecule has 15 heavy (non-hydrogen) atoms. The molecule has 1 nitrogen and oxygen atoms in total. The second-order valence-corrected chi connectivity index (χ2v) is 6.29. The summed E-state index contributed by atoms with van der Waals surface area (Å²) in [6.07, 6.45) is 2.99. The first-order valence-corrected chi connectivity index (χ1v) is 6.67. The van der Waals surface area contributed by atoms with Gasteiger partial charge in [0.25, 0.3) is 0 Å². The Bertz CT molecular complexity index is 344. The summed E-state index contributed by atoms with van der Waals surface area (Å²) in [4.78, 5) is 1.30. The van der Waals surface area contributed by atoms with E-state index in [0.717, 1.165) is 30.7 Å². The van der Waals surface area contributed by atoms with Crippen LogP contribution in [0.25, 0.3) is 0 Å². The van der Waals surface area contributed by atoms with Gasteiger partial charge in [0.2, 0.25) is 0 Å². The van der Waals surface area contributed by atoms with E-state index < -0.39 is 5.60 Å². The number of thiophene rings is 1. The van der Waals surface area contributed by atoms with Crippen LogP contribution in [0, 0.1) is 18.8 Å². The number of hydrogen-bond donors (Lipinski definition) is 1. The van der Waals surface area contributed by atoms with Crippen LogP contribution in [0.3, 0.4) is 0 Å². The molecule has 0 aromatic carbocycles. The summed E-state index contributed by atoms with van der Waals surface area (Å²) in [7, 11) is 0. The monoisotopic (exact) mass is 224 g/mol. The van der Waals surface area contributed by atoms with Crippen molar-refractivity contribution in [1.82, 2.24) is 0 Å². The third-order valence-electron chi connectivity index (χ3n) is 3.91. The molecule has 1 N–H and O–H groups in total. The Morgan fingerprint density at radius 1 is 1.40 bits per heavy atom. The van der Waals surface area contributed by atoms with Gasteiger partial charge < -0.3 is 5.11 Å². The summed E-state index contributed by atoms with van der Waals surface area (Å²) in [5.74, 6) is 1.38. The van der Waals surface area contributed by atoms with Gasteiger partial charge in [0.15, 0.2) is 0 Å². The number of aryl methyl sites for hydroxylation is 1. The minimum absolute atomic E-state index is 0.545. The molecule has 3 unspecified atom stereocenters. The van der Waals surface area contributed by atoms with Crippen LogP contribution >= 0.6 is 11.3 Å². The van der Waals surface area contributed by atoms with Gasteiger partial charge in [0.05, 0.1) is 5.60 Å². The molecule has 2 heteroatoms. The zero-order valence-electron chi connectivity index (χ0n) is 9.79. The lowest BCUT2D eigenvalue weighted by atomic mass is 9.71. The Kier molecular flexibility index (Phi) is 2.91. The maximum absolute atomic E-state index is 10.7. The first-order valence-electron chi connectivity index (χ1n) is 5.79. The normalized spacial score (nSPS) is 36.8. The molecule has 1 aromatic heterocycles. The van der Waals surface area contributed by atoms with E-state index in [0.29, 0.717) is 5.92 Å². The van der Waals surface area contributed by atoms with E-state index in [4.69, 9.17) is 0 Å². The zero-order valence-corrected chi connectivity index (χ0v) is 10.6. The Morgan fingerprint density at radius 2 is 2.13 bits per heavy atom. The predicted octanol–water partition coefficient (Wildman–Crippen LogP) is 3.70. The summed E-state index contributed by atoms with van der Waals surface area (Å²) < 4.78 is 0. The number of rotatable bonds is 1. The summed E-state index contributed by atoms with van der Waals surface area (Å²) in [5.41, 5.74) is 0.597. The fraction of sp³-hybridized carbons (Fsp3) is 0.692. The van der Waals surface area contributed by atoms with Crippen molar-refractivity contribution in [2.75, 3.05) is 0 Å². The Hall–Kier alpha value is -0.340. The van der Waals surface area contributed by atoms with Crippen molar-refractivity contribution < 1.29 is 5.11 Å². The van der Waals surface area contributed by atoms with E-state index in [-0.39, 0.29) is 0 Å². The molecular formula is C13H20OS. The molecule has 1 heterocycles. The van der Waals surface area contributed by atoms with Crippen molar-refractivity contribution in [2.45, 2.75) is 45.6 Å². The first-order chi connectivity index (χ1) is 7.01. The fourth-order valence-electron chi connectivity index (χ4n) is 2.54. The van der Waals surface area contributed by atoms with Crippen LogP contribution in [0.15, 0.2) is 11.4 Å². The molecule has 84 valence electrons. The van der Waals surface area contributed by atoms with Crippen molar-refractivity contribution in [2.24, 2.45) is 11.8 Å². The van der Waals surface area contributed by atoms with Gasteiger partial charge in [0, 0.05) is 4.88 Å². The summed E-state index contributed by atoms with van der Waals surface area (Å²) >= 11 is 1.74. The zero-order chi connectivity index (χ0) is 11.1. The molecule has 0 aliphatic heterocycles. The lowest BCUT2D eigenvalue weighted by molar-refractivity contribution is -0.0333. The van der Waals surface area contributed by atoms with Gasteiger partial charge in [-0.3, -0.25) is 0 Å². The minimum atomic E-state index is -0.545. The van der Waals surface area contributed by atoms with E-state index >= 15 is 0 Å². The Labute approximate surface area is 96.1 Å². The van der Waals surface area contributed by atoms with Crippen molar-refractivity contribution >= 4 is 11.3 Å². The van der Waals surface area contributed by atoms with Gasteiger partial charge in [0.1, 0.15) is 0 Å². The van der Waals surface area contributed by atoms with Crippen molar-refractivity contribution in [1.29, 1.82) is 0 Å². The standard InChI is InChI=1S/C13H20OS/c1-9-4-5-13(14,7-10(9)2)12-6-11(3)15-8-12/h6,8-10,14H,4-5,7H2,1-3H3. The van der Waals surface area contributed by atoms with Crippen molar-refractivity contribution in [3.05, 3.63) is 21.9 Å². The molecular weight excluding hydrogens is 204 g/mol. The highest BCUT2D eigenvalue weighted by atomic mass is 32.1. The second-order valence-electron chi connectivity index (χ2n) is 5.17. The molecule has 2 rings (SSSR count). The summed E-state index contributed by atoms with van der Waals surface area (Å²) in [5, 5.41) is 12.8. The molecule has 1 aromatic rings. The average Bonchev–Trinajstić information content (AvgIpc) is 2.60. The molecule has 0 bridgehead atoms. The highest BCUT2D eigenvalue weighted by Crippen LogP contribution is 2.43. The lowest BCUT2D eigenvalue weighted by Crippen LogP contribution is -2.34. The van der Waals surface area contributed by atoms with Gasteiger partial charge in [-0.1, -0.05) is 13.8 Å². The first kappa shape index (κ1) is 11.2. The second kappa shape index (κ2) is 3.91. The highest BCUT2D eigenvalue weighted by molar-refractivity contribution is 7.10. The fourth-order valence-corrected chi connectivity index (χ4v) is 3.33. The van der Waals surface area contributed by atoms with E-state index in [1.165, 1.54) is 4.88 Å². The topological polar surface area (TPSA) is 20.2 Å². The van der Waals surface area contributed by atoms with E-state index in [2.05, 4.69) is 32.2 Å². The van der Waals surface area contributed by atoms with Gasteiger partial charge in [-0.15, -0.1) is 11.3 Å². The number of hydrogen-bond acceptors (Lipinski definition) is 2. The number of aliphatic hydroxyl groups is 1. The molecule has 1 aliphatic carbocycles. The lowest BCUT2D eigenvalue weighted by Gasteiger charge is -2.38. The Morgan fingerprint density at radius 3 is 2.67 bits per heavy atom. The van der Waals surface area contributed by atoms with E-state index in [9.17, 15) is 5.11 Å². The maximum atomic E-state index is 10.7. The third-order valence-corrected chi connectivity index (χ3v) is 4.77. The van der Waals surface area contributed by atoms with Crippen LogP contribution in [0.4, 0.5) is 0 Å². The predicted molar refractivity (Wildman–Crippen MR) is 65.1 cm³/mol. The van der Waals surface area contributed by atoms with Crippen molar-refractivity contribution in [3.8, 4) is 0 Å². The molecule has 0 spiro atoms. The SMILES string of the molecule is Cc1cc(C2(O)CCC(C)C(C)C2)cs1. The largest absolute Gasteiger partial charge is 0.385 e. The minimum Gasteiger partial charge on any atom is -0.385 e. The molecule has 3 atom stereocenters.